The number of para-hydroxylation sites is 1. The Bertz CT molecular complexity index is 968. The number of aromatic nitrogens is 4. The number of carboxylic acids is 1. The van der Waals surface area contributed by atoms with E-state index in [9.17, 15) is 14.7 Å². The van der Waals surface area contributed by atoms with E-state index in [-0.39, 0.29) is 5.91 Å². The molecule has 134 valence electrons. The summed E-state index contributed by atoms with van der Waals surface area (Å²) >= 11 is 0. The van der Waals surface area contributed by atoms with Gasteiger partial charge in [-0.1, -0.05) is 18.2 Å². The molecule has 1 aromatic carbocycles. The first-order valence-electron chi connectivity index (χ1n) is 8.46. The molecular weight excluding hydrogens is 334 g/mol. The van der Waals surface area contributed by atoms with Crippen molar-refractivity contribution in [2.45, 2.75) is 18.4 Å². The van der Waals surface area contributed by atoms with Crippen molar-refractivity contribution in [3.63, 3.8) is 0 Å². The van der Waals surface area contributed by atoms with Crippen LogP contribution in [0.5, 0.6) is 0 Å². The van der Waals surface area contributed by atoms with Crippen LogP contribution in [0.1, 0.15) is 23.3 Å². The van der Waals surface area contributed by atoms with Gasteiger partial charge in [0.05, 0.1) is 11.8 Å². The third kappa shape index (κ3) is 2.37. The number of piperidine rings is 1. The van der Waals surface area contributed by atoms with Crippen molar-refractivity contribution in [3.05, 3.63) is 48.7 Å². The minimum Gasteiger partial charge on any atom is -0.479 e. The predicted octanol–water partition coefficient (Wildman–Crippen LogP) is 1.49. The molecule has 2 aromatic heterocycles. The number of carbonyl (C=O) groups is 2. The maximum Gasteiger partial charge on any atom is 0.330 e. The number of aryl methyl sites for hydroxylation is 1. The highest BCUT2D eigenvalue weighted by Gasteiger charge is 2.44. The minimum atomic E-state index is -1.06. The van der Waals surface area contributed by atoms with Gasteiger partial charge in [0.25, 0.3) is 5.91 Å². The number of benzene rings is 1. The van der Waals surface area contributed by atoms with Crippen LogP contribution in [0.2, 0.25) is 0 Å². The SMILES string of the molecule is Cn1nc(C(=O)N2CCC(C(=O)O)(n3ccnc3)CC2)c2ccccc21. The second-order valence-electron chi connectivity index (χ2n) is 6.59. The van der Waals surface area contributed by atoms with Crippen LogP contribution in [-0.4, -0.2) is 54.3 Å². The molecule has 1 N–H and O–H groups in total. The highest BCUT2D eigenvalue weighted by atomic mass is 16.4. The molecule has 0 unspecified atom stereocenters. The highest BCUT2D eigenvalue weighted by molar-refractivity contribution is 6.04. The van der Waals surface area contributed by atoms with E-state index in [1.165, 1.54) is 6.33 Å². The molecule has 0 bridgehead atoms. The van der Waals surface area contributed by atoms with Gasteiger partial charge in [-0.15, -0.1) is 0 Å². The molecule has 1 amide bonds. The van der Waals surface area contributed by atoms with Gasteiger partial charge in [-0.2, -0.15) is 5.10 Å². The van der Waals surface area contributed by atoms with E-state index >= 15 is 0 Å². The van der Waals surface area contributed by atoms with E-state index in [1.807, 2.05) is 31.3 Å². The smallest absolute Gasteiger partial charge is 0.330 e. The summed E-state index contributed by atoms with van der Waals surface area (Å²) in [6.07, 6.45) is 5.42. The van der Waals surface area contributed by atoms with Crippen LogP contribution < -0.4 is 0 Å². The molecule has 0 saturated carbocycles. The van der Waals surface area contributed by atoms with Crippen LogP contribution in [-0.2, 0) is 17.4 Å². The van der Waals surface area contributed by atoms with Crippen molar-refractivity contribution in [1.82, 2.24) is 24.2 Å². The second kappa shape index (κ2) is 5.98. The average Bonchev–Trinajstić information content (AvgIpc) is 3.30. The third-order valence-corrected chi connectivity index (χ3v) is 5.23. The lowest BCUT2D eigenvalue weighted by Gasteiger charge is -2.39. The molecule has 4 rings (SSSR count). The summed E-state index contributed by atoms with van der Waals surface area (Å²) in [5.74, 6) is -1.06. The number of hydrogen-bond acceptors (Lipinski definition) is 4. The summed E-state index contributed by atoms with van der Waals surface area (Å²) in [5.41, 5.74) is 0.249. The fraction of sp³-hybridized carbons (Fsp3) is 0.333. The lowest BCUT2D eigenvalue weighted by molar-refractivity contribution is -0.150. The van der Waals surface area contributed by atoms with Crippen molar-refractivity contribution >= 4 is 22.8 Å². The van der Waals surface area contributed by atoms with Gasteiger partial charge in [0, 0.05) is 37.9 Å². The fourth-order valence-corrected chi connectivity index (χ4v) is 3.70. The van der Waals surface area contributed by atoms with E-state index < -0.39 is 11.5 Å². The van der Waals surface area contributed by atoms with Crippen LogP contribution in [0.25, 0.3) is 10.9 Å². The third-order valence-electron chi connectivity index (χ3n) is 5.23. The van der Waals surface area contributed by atoms with Gasteiger partial charge in [0.15, 0.2) is 5.69 Å². The number of nitrogens with zero attached hydrogens (tertiary/aromatic N) is 5. The van der Waals surface area contributed by atoms with Crippen molar-refractivity contribution in [1.29, 1.82) is 0 Å². The molecule has 0 aliphatic carbocycles. The predicted molar refractivity (Wildman–Crippen MR) is 93.7 cm³/mol. The largest absolute Gasteiger partial charge is 0.479 e. The number of fused-ring (bicyclic) bond motifs is 1. The lowest BCUT2D eigenvalue weighted by Crippen LogP contribution is -2.52. The monoisotopic (exact) mass is 353 g/mol. The Morgan fingerprint density at radius 3 is 2.58 bits per heavy atom. The number of likely N-dealkylation sites (tertiary alicyclic amines) is 1. The molecule has 0 atom stereocenters. The first-order valence-corrected chi connectivity index (χ1v) is 8.46. The summed E-state index contributed by atoms with van der Waals surface area (Å²) in [7, 11) is 1.81. The zero-order valence-corrected chi connectivity index (χ0v) is 14.4. The maximum atomic E-state index is 13.0. The van der Waals surface area contributed by atoms with Crippen molar-refractivity contribution in [2.75, 3.05) is 13.1 Å². The Morgan fingerprint density at radius 2 is 1.92 bits per heavy atom. The van der Waals surface area contributed by atoms with Crippen LogP contribution >= 0.6 is 0 Å². The zero-order chi connectivity index (χ0) is 18.3. The summed E-state index contributed by atoms with van der Waals surface area (Å²) in [6, 6.07) is 7.59. The molecule has 1 aliphatic rings. The summed E-state index contributed by atoms with van der Waals surface area (Å²) in [4.78, 5) is 30.6. The Kier molecular flexibility index (Phi) is 3.75. The first-order chi connectivity index (χ1) is 12.5. The second-order valence-corrected chi connectivity index (χ2v) is 6.59. The molecule has 26 heavy (non-hydrogen) atoms. The van der Waals surface area contributed by atoms with Crippen molar-refractivity contribution < 1.29 is 14.7 Å². The zero-order valence-electron chi connectivity index (χ0n) is 14.4. The van der Waals surface area contributed by atoms with Gasteiger partial charge < -0.3 is 14.6 Å². The average molecular weight is 353 g/mol. The minimum absolute atomic E-state index is 0.161. The molecule has 0 radical (unpaired) electrons. The number of carboxylic acid groups (broad SMARTS) is 1. The van der Waals surface area contributed by atoms with Gasteiger partial charge in [0.2, 0.25) is 0 Å². The fourth-order valence-electron chi connectivity index (χ4n) is 3.70. The number of imidazole rings is 1. The van der Waals surface area contributed by atoms with Gasteiger partial charge in [-0.25, -0.2) is 9.78 Å². The summed E-state index contributed by atoms with van der Waals surface area (Å²) < 4.78 is 3.33. The van der Waals surface area contributed by atoms with E-state index in [4.69, 9.17) is 0 Å². The lowest BCUT2D eigenvalue weighted by atomic mass is 9.87. The standard InChI is InChI=1S/C18H19N5O3/c1-21-14-5-3-2-4-13(14)15(20-21)16(24)22-9-6-18(7-10-22,17(25)26)23-11-8-19-12-23/h2-5,8,11-12H,6-7,9-10H2,1H3,(H,25,26). The molecule has 1 saturated heterocycles. The summed E-state index contributed by atoms with van der Waals surface area (Å²) in [6.45, 7) is 0.711. The molecule has 1 aliphatic heterocycles. The van der Waals surface area contributed by atoms with Crippen molar-refractivity contribution in [2.24, 2.45) is 7.05 Å². The number of hydrogen-bond donors (Lipinski definition) is 1. The quantitative estimate of drug-likeness (QED) is 0.770. The topological polar surface area (TPSA) is 93.3 Å². The van der Waals surface area contributed by atoms with Crippen LogP contribution in [0, 0.1) is 0 Å². The van der Waals surface area contributed by atoms with Crippen LogP contribution in [0.4, 0.5) is 0 Å². The summed E-state index contributed by atoms with van der Waals surface area (Å²) in [5, 5.41) is 15.0. The number of aliphatic carboxylic acids is 1. The Hall–Kier alpha value is -3.16. The van der Waals surface area contributed by atoms with E-state index in [0.717, 1.165) is 10.9 Å². The normalized spacial score (nSPS) is 16.7. The molecule has 1 fully saturated rings. The number of carbonyl (C=O) groups excluding carboxylic acids is 1. The van der Waals surface area contributed by atoms with Crippen LogP contribution in [0.15, 0.2) is 43.0 Å². The van der Waals surface area contributed by atoms with E-state index in [0.29, 0.717) is 31.6 Å². The molecule has 8 heteroatoms. The Balaban J connectivity index is 1.59. The van der Waals surface area contributed by atoms with Gasteiger partial charge in [0.1, 0.15) is 5.54 Å². The van der Waals surface area contributed by atoms with Gasteiger partial charge >= 0.3 is 5.97 Å². The number of rotatable bonds is 3. The molecule has 3 heterocycles. The van der Waals surface area contributed by atoms with E-state index in [2.05, 4.69) is 10.1 Å². The van der Waals surface area contributed by atoms with Gasteiger partial charge in [-0.3, -0.25) is 9.48 Å². The molecule has 0 spiro atoms. The molecule has 3 aromatic rings. The Labute approximate surface area is 149 Å². The Morgan fingerprint density at radius 1 is 1.19 bits per heavy atom. The molecule has 8 nitrogen and oxygen atoms in total. The highest BCUT2D eigenvalue weighted by Crippen LogP contribution is 2.31. The van der Waals surface area contributed by atoms with Gasteiger partial charge in [-0.05, 0) is 18.9 Å². The van der Waals surface area contributed by atoms with E-state index in [1.54, 1.807) is 26.5 Å². The van der Waals surface area contributed by atoms with Crippen LogP contribution in [0.3, 0.4) is 0 Å². The first kappa shape index (κ1) is 16.3. The van der Waals surface area contributed by atoms with Crippen molar-refractivity contribution in [3.8, 4) is 0 Å². The maximum absolute atomic E-state index is 13.0. The number of amides is 1. The molecular formula is C18H19N5O3.